The van der Waals surface area contributed by atoms with E-state index in [0.29, 0.717) is 39.9 Å². The first-order valence-corrected chi connectivity index (χ1v) is 9.04. The number of nitrogens with one attached hydrogen (secondary N) is 1. The molecule has 2 aromatic rings. The van der Waals surface area contributed by atoms with Crippen molar-refractivity contribution in [2.45, 2.75) is 0 Å². The minimum Gasteiger partial charge on any atom is -0.336 e. The van der Waals surface area contributed by atoms with Gasteiger partial charge in [0.15, 0.2) is 0 Å². The molecule has 0 bridgehead atoms. The molecule has 1 N–H and O–H groups in total. The van der Waals surface area contributed by atoms with E-state index in [2.05, 4.69) is 10.2 Å². The first-order valence-electron chi connectivity index (χ1n) is 8.29. The number of nitrogens with zero attached hydrogens (tertiary/aromatic N) is 2. The van der Waals surface area contributed by atoms with Crippen LogP contribution in [0.3, 0.4) is 0 Å². The lowest BCUT2D eigenvalue weighted by Gasteiger charge is -2.32. The first-order chi connectivity index (χ1) is 12.5. The zero-order valence-electron chi connectivity index (χ0n) is 14.3. The summed E-state index contributed by atoms with van der Waals surface area (Å²) < 4.78 is 0. The zero-order chi connectivity index (χ0) is 18.7. The lowest BCUT2D eigenvalue weighted by Crippen LogP contribution is -2.47. The van der Waals surface area contributed by atoms with Gasteiger partial charge in [0.25, 0.3) is 11.8 Å². The van der Waals surface area contributed by atoms with Crippen LogP contribution in [0.25, 0.3) is 0 Å². The highest BCUT2D eigenvalue weighted by Gasteiger charge is 2.21. The van der Waals surface area contributed by atoms with Crippen molar-refractivity contribution < 1.29 is 9.59 Å². The molecule has 5 nitrogen and oxygen atoms in total. The van der Waals surface area contributed by atoms with E-state index in [1.807, 2.05) is 11.9 Å². The SMILES string of the molecule is CN1CCN(C(=O)c2cccc(C(=O)Nc3c(Cl)cccc3Cl)c2)CC1. The van der Waals surface area contributed by atoms with Gasteiger partial charge in [-0.3, -0.25) is 9.59 Å². The molecule has 0 aromatic heterocycles. The Hall–Kier alpha value is -2.08. The van der Waals surface area contributed by atoms with Crippen molar-refractivity contribution in [3.05, 3.63) is 63.6 Å². The van der Waals surface area contributed by atoms with Gasteiger partial charge < -0.3 is 15.1 Å². The number of anilines is 1. The highest BCUT2D eigenvalue weighted by Crippen LogP contribution is 2.30. The Bertz CT molecular complexity index is 813. The molecule has 1 aliphatic rings. The van der Waals surface area contributed by atoms with Crippen molar-refractivity contribution in [1.82, 2.24) is 9.80 Å². The normalized spacial score (nSPS) is 15.0. The predicted molar refractivity (Wildman–Crippen MR) is 104 cm³/mol. The second-order valence-corrected chi connectivity index (χ2v) is 7.04. The maximum atomic E-state index is 12.7. The van der Waals surface area contributed by atoms with Gasteiger partial charge in [-0.1, -0.05) is 35.3 Å². The molecule has 1 fully saturated rings. The predicted octanol–water partition coefficient (Wildman–Crippen LogP) is 3.63. The lowest BCUT2D eigenvalue weighted by molar-refractivity contribution is 0.0664. The molecule has 1 aliphatic heterocycles. The van der Waals surface area contributed by atoms with E-state index in [4.69, 9.17) is 23.2 Å². The van der Waals surface area contributed by atoms with Crippen LogP contribution in [-0.2, 0) is 0 Å². The van der Waals surface area contributed by atoms with E-state index >= 15 is 0 Å². The summed E-state index contributed by atoms with van der Waals surface area (Å²) in [6, 6.07) is 11.7. The third kappa shape index (κ3) is 4.18. The Kier molecular flexibility index (Phi) is 5.81. The van der Waals surface area contributed by atoms with Crippen molar-refractivity contribution >= 4 is 40.7 Å². The second-order valence-electron chi connectivity index (χ2n) is 6.23. The quantitative estimate of drug-likeness (QED) is 0.868. The Morgan fingerprint density at radius 3 is 2.15 bits per heavy atom. The molecule has 0 aliphatic carbocycles. The van der Waals surface area contributed by atoms with Crippen LogP contribution < -0.4 is 5.32 Å². The molecule has 7 heteroatoms. The summed E-state index contributed by atoms with van der Waals surface area (Å²) in [4.78, 5) is 29.2. The summed E-state index contributed by atoms with van der Waals surface area (Å²) in [7, 11) is 2.03. The average Bonchev–Trinajstić information content (AvgIpc) is 2.65. The molecule has 2 aromatic carbocycles. The van der Waals surface area contributed by atoms with Crippen molar-refractivity contribution in [3.63, 3.8) is 0 Å². The maximum Gasteiger partial charge on any atom is 0.255 e. The van der Waals surface area contributed by atoms with Gasteiger partial charge in [0.1, 0.15) is 0 Å². The summed E-state index contributed by atoms with van der Waals surface area (Å²) >= 11 is 12.2. The molecule has 0 saturated carbocycles. The molecule has 0 spiro atoms. The molecular weight excluding hydrogens is 373 g/mol. The molecule has 2 amide bonds. The van der Waals surface area contributed by atoms with Crippen LogP contribution >= 0.6 is 23.2 Å². The van der Waals surface area contributed by atoms with Gasteiger partial charge in [0.05, 0.1) is 15.7 Å². The fourth-order valence-corrected chi connectivity index (χ4v) is 3.28. The smallest absolute Gasteiger partial charge is 0.255 e. The van der Waals surface area contributed by atoms with Crippen LogP contribution in [0.1, 0.15) is 20.7 Å². The van der Waals surface area contributed by atoms with Crippen molar-refractivity contribution in [2.75, 3.05) is 38.5 Å². The van der Waals surface area contributed by atoms with Gasteiger partial charge in [-0.25, -0.2) is 0 Å². The summed E-state index contributed by atoms with van der Waals surface area (Å²) in [6.45, 7) is 3.05. The van der Waals surface area contributed by atoms with Crippen molar-refractivity contribution in [3.8, 4) is 0 Å². The van der Waals surface area contributed by atoms with Crippen LogP contribution in [0.2, 0.25) is 10.0 Å². The molecule has 0 atom stereocenters. The van der Waals surface area contributed by atoms with E-state index < -0.39 is 0 Å². The number of carbonyl (C=O) groups excluding carboxylic acids is 2. The number of carbonyl (C=O) groups is 2. The number of rotatable bonds is 3. The molecule has 26 heavy (non-hydrogen) atoms. The monoisotopic (exact) mass is 391 g/mol. The van der Waals surface area contributed by atoms with Crippen LogP contribution in [0, 0.1) is 0 Å². The maximum absolute atomic E-state index is 12.7. The topological polar surface area (TPSA) is 52.7 Å². The third-order valence-electron chi connectivity index (χ3n) is 4.36. The van der Waals surface area contributed by atoms with Crippen molar-refractivity contribution in [2.24, 2.45) is 0 Å². The molecule has 1 saturated heterocycles. The average molecular weight is 392 g/mol. The molecular formula is C19H19Cl2N3O2. The fraction of sp³-hybridized carbons (Fsp3) is 0.263. The highest BCUT2D eigenvalue weighted by molar-refractivity contribution is 6.40. The fourth-order valence-electron chi connectivity index (χ4n) is 2.79. The number of hydrogen-bond acceptors (Lipinski definition) is 3. The van der Waals surface area contributed by atoms with Gasteiger partial charge in [0.2, 0.25) is 0 Å². The minimum atomic E-state index is -0.368. The van der Waals surface area contributed by atoms with E-state index in [-0.39, 0.29) is 11.8 Å². The molecule has 1 heterocycles. The number of amides is 2. The number of halogens is 2. The minimum absolute atomic E-state index is 0.0662. The number of benzene rings is 2. The Labute approximate surface area is 162 Å². The van der Waals surface area contributed by atoms with Crippen LogP contribution in [0.4, 0.5) is 5.69 Å². The van der Waals surface area contributed by atoms with E-state index in [1.54, 1.807) is 42.5 Å². The van der Waals surface area contributed by atoms with Gasteiger partial charge in [-0.2, -0.15) is 0 Å². The standard InChI is InChI=1S/C19H19Cl2N3O2/c1-23-8-10-24(11-9-23)19(26)14-5-2-4-13(12-14)18(25)22-17-15(20)6-3-7-16(17)21/h2-7,12H,8-11H2,1H3,(H,22,25). The van der Waals surface area contributed by atoms with Gasteiger partial charge >= 0.3 is 0 Å². The Morgan fingerprint density at radius 2 is 1.50 bits per heavy atom. The third-order valence-corrected chi connectivity index (χ3v) is 4.99. The number of hydrogen-bond donors (Lipinski definition) is 1. The van der Waals surface area contributed by atoms with Crippen LogP contribution in [0.15, 0.2) is 42.5 Å². The van der Waals surface area contributed by atoms with E-state index in [1.165, 1.54) is 0 Å². The van der Waals surface area contributed by atoms with E-state index in [0.717, 1.165) is 13.1 Å². The largest absolute Gasteiger partial charge is 0.336 e. The lowest BCUT2D eigenvalue weighted by atomic mass is 10.1. The molecule has 136 valence electrons. The highest BCUT2D eigenvalue weighted by atomic mass is 35.5. The zero-order valence-corrected chi connectivity index (χ0v) is 15.8. The second kappa shape index (κ2) is 8.08. The molecule has 0 unspecified atom stereocenters. The summed E-state index contributed by atoms with van der Waals surface area (Å²) in [5.41, 5.74) is 1.23. The molecule has 0 radical (unpaired) electrons. The Morgan fingerprint density at radius 1 is 0.923 bits per heavy atom. The van der Waals surface area contributed by atoms with Gasteiger partial charge in [-0.05, 0) is 37.4 Å². The number of para-hydroxylation sites is 1. The van der Waals surface area contributed by atoms with Gasteiger partial charge in [-0.15, -0.1) is 0 Å². The molecule has 3 rings (SSSR count). The van der Waals surface area contributed by atoms with Crippen LogP contribution in [-0.4, -0.2) is 54.8 Å². The summed E-state index contributed by atoms with van der Waals surface area (Å²) in [6.07, 6.45) is 0. The summed E-state index contributed by atoms with van der Waals surface area (Å²) in [5, 5.41) is 3.43. The van der Waals surface area contributed by atoms with Crippen LogP contribution in [0.5, 0.6) is 0 Å². The summed E-state index contributed by atoms with van der Waals surface area (Å²) in [5.74, 6) is -0.434. The van der Waals surface area contributed by atoms with Gasteiger partial charge in [0, 0.05) is 37.3 Å². The van der Waals surface area contributed by atoms with E-state index in [9.17, 15) is 9.59 Å². The van der Waals surface area contributed by atoms with Crippen molar-refractivity contribution in [1.29, 1.82) is 0 Å². The number of piperazine rings is 1. The number of likely N-dealkylation sites (N-methyl/N-ethyl adjacent to an activating group) is 1. The first kappa shape index (κ1) is 18.7. The Balaban J connectivity index is 1.76.